The smallest absolute Gasteiger partial charge is 0.131 e. The molecular weight excluding hydrogens is 272 g/mol. The molecule has 0 aliphatic heterocycles. The summed E-state index contributed by atoms with van der Waals surface area (Å²) in [6.07, 6.45) is 6.15. The van der Waals surface area contributed by atoms with Crippen LogP contribution in [0.2, 0.25) is 0 Å². The van der Waals surface area contributed by atoms with Gasteiger partial charge in [-0.1, -0.05) is 83.1 Å². The van der Waals surface area contributed by atoms with E-state index in [9.17, 15) is 0 Å². The zero-order valence-corrected chi connectivity index (χ0v) is 12.3. The summed E-state index contributed by atoms with van der Waals surface area (Å²) < 4.78 is 4.78. The van der Waals surface area contributed by atoms with Crippen molar-refractivity contribution in [1.29, 1.82) is 0 Å². The number of aromatic nitrogens is 2. The van der Waals surface area contributed by atoms with Crippen LogP contribution in [0.15, 0.2) is 71.4 Å². The molecule has 1 heterocycles. The Morgan fingerprint density at radius 2 is 1.59 bits per heavy atom. The summed E-state index contributed by atoms with van der Waals surface area (Å²) >= 11 is 0. The molecule has 22 heavy (non-hydrogen) atoms. The summed E-state index contributed by atoms with van der Waals surface area (Å²) in [6.45, 7) is 1.88. The molecule has 0 radical (unpaired) electrons. The Balaban J connectivity index is 1.99. The highest BCUT2D eigenvalue weighted by Gasteiger charge is 2.04. The van der Waals surface area contributed by atoms with Crippen LogP contribution >= 0.6 is 0 Å². The number of nitrogens with zero attached hydrogens (tertiary/aromatic N) is 2. The van der Waals surface area contributed by atoms with E-state index < -0.39 is 0 Å². The van der Waals surface area contributed by atoms with Crippen LogP contribution in [0.25, 0.3) is 17.7 Å². The summed E-state index contributed by atoms with van der Waals surface area (Å²) in [6, 6.07) is 20.4. The van der Waals surface area contributed by atoms with Crippen LogP contribution < -0.4 is 0 Å². The first-order valence-electron chi connectivity index (χ1n) is 7.12. The maximum atomic E-state index is 4.78. The topological polar surface area (TPSA) is 38.9 Å². The second-order valence-electron chi connectivity index (χ2n) is 4.94. The van der Waals surface area contributed by atoms with Crippen LogP contribution in [0.3, 0.4) is 0 Å². The lowest BCUT2D eigenvalue weighted by Crippen LogP contribution is -1.83. The van der Waals surface area contributed by atoms with E-state index in [2.05, 4.69) is 46.7 Å². The summed E-state index contributed by atoms with van der Waals surface area (Å²) in [4.78, 5) is 0. The summed E-state index contributed by atoms with van der Waals surface area (Å²) in [5.74, 6) is 0. The molecule has 0 saturated heterocycles. The molecule has 3 rings (SSSR count). The quantitative estimate of drug-likeness (QED) is 0.657. The molecule has 0 fully saturated rings. The van der Waals surface area contributed by atoms with Gasteiger partial charge in [0.2, 0.25) is 0 Å². The zero-order chi connectivity index (χ0) is 15.2. The predicted molar refractivity (Wildman–Crippen MR) is 88.8 cm³/mol. The Kier molecular flexibility index (Phi) is 4.25. The molecule has 0 aliphatic carbocycles. The molecular formula is C19H16N2O. The van der Waals surface area contributed by atoms with Gasteiger partial charge in [0.1, 0.15) is 11.4 Å². The second-order valence-corrected chi connectivity index (χ2v) is 4.94. The van der Waals surface area contributed by atoms with Gasteiger partial charge in [0, 0.05) is 0 Å². The van der Waals surface area contributed by atoms with E-state index in [1.165, 1.54) is 0 Å². The predicted octanol–water partition coefficient (Wildman–Crippen LogP) is 4.63. The molecule has 0 saturated carbocycles. The number of hydrogen-bond acceptors (Lipinski definition) is 3. The standard InChI is InChI=1S/C19H16N2O/c1-15-19(21-22-20-15)14-18(17-10-6-3-7-11-17)13-12-16-8-4-2-5-9-16/h2-14H,1H3/b13-12+,18-14-. The number of rotatable bonds is 4. The maximum Gasteiger partial charge on any atom is 0.131 e. The van der Waals surface area contributed by atoms with Crippen LogP contribution in [0.5, 0.6) is 0 Å². The fraction of sp³-hybridized carbons (Fsp3) is 0.0526. The van der Waals surface area contributed by atoms with Gasteiger partial charge >= 0.3 is 0 Å². The number of aryl methyl sites for hydroxylation is 1. The lowest BCUT2D eigenvalue weighted by Gasteiger charge is -2.02. The fourth-order valence-electron chi connectivity index (χ4n) is 2.12. The molecule has 0 unspecified atom stereocenters. The highest BCUT2D eigenvalue weighted by molar-refractivity contribution is 5.89. The summed E-state index contributed by atoms with van der Waals surface area (Å²) in [7, 11) is 0. The van der Waals surface area contributed by atoms with E-state index in [1.54, 1.807) is 0 Å². The van der Waals surface area contributed by atoms with Crippen molar-refractivity contribution < 1.29 is 4.63 Å². The molecule has 0 bridgehead atoms. The van der Waals surface area contributed by atoms with E-state index in [1.807, 2.05) is 49.4 Å². The van der Waals surface area contributed by atoms with Gasteiger partial charge in [0.15, 0.2) is 0 Å². The van der Waals surface area contributed by atoms with Crippen LogP contribution in [0.4, 0.5) is 0 Å². The van der Waals surface area contributed by atoms with Gasteiger partial charge in [-0.25, -0.2) is 4.63 Å². The molecule has 1 aromatic heterocycles. The van der Waals surface area contributed by atoms with Crippen LogP contribution in [0.1, 0.15) is 22.5 Å². The molecule has 0 aliphatic rings. The second kappa shape index (κ2) is 6.68. The molecule has 0 spiro atoms. The van der Waals surface area contributed by atoms with Crippen LogP contribution in [-0.2, 0) is 0 Å². The van der Waals surface area contributed by atoms with Gasteiger partial charge in [-0.3, -0.25) is 0 Å². The first-order valence-corrected chi connectivity index (χ1v) is 7.12. The molecule has 3 heteroatoms. The van der Waals surface area contributed by atoms with Crippen LogP contribution in [0, 0.1) is 6.92 Å². The van der Waals surface area contributed by atoms with Gasteiger partial charge in [0.05, 0.1) is 0 Å². The van der Waals surface area contributed by atoms with E-state index >= 15 is 0 Å². The SMILES string of the molecule is Cc1nonc1/C=C(/C=C/c1ccccc1)c1ccccc1. The molecule has 0 amide bonds. The summed E-state index contributed by atoms with van der Waals surface area (Å²) in [5, 5.41) is 7.77. The molecule has 2 aromatic carbocycles. The third-order valence-corrected chi connectivity index (χ3v) is 3.34. The lowest BCUT2D eigenvalue weighted by atomic mass is 10.0. The van der Waals surface area contributed by atoms with E-state index in [-0.39, 0.29) is 0 Å². The van der Waals surface area contributed by atoms with Gasteiger partial charge in [0.25, 0.3) is 0 Å². The monoisotopic (exact) mass is 288 g/mol. The average molecular weight is 288 g/mol. The third-order valence-electron chi connectivity index (χ3n) is 3.34. The van der Waals surface area contributed by atoms with Crippen molar-refractivity contribution in [2.75, 3.05) is 0 Å². The Morgan fingerprint density at radius 1 is 0.909 bits per heavy atom. The van der Waals surface area contributed by atoms with E-state index in [0.29, 0.717) is 0 Å². The first kappa shape index (κ1) is 14.0. The Labute approximate surface area is 129 Å². The van der Waals surface area contributed by atoms with E-state index in [4.69, 9.17) is 4.63 Å². The van der Waals surface area contributed by atoms with Gasteiger partial charge in [-0.15, -0.1) is 0 Å². The minimum absolute atomic E-state index is 0.747. The highest BCUT2D eigenvalue weighted by Crippen LogP contribution is 2.21. The van der Waals surface area contributed by atoms with Crippen molar-refractivity contribution in [2.24, 2.45) is 0 Å². The molecule has 108 valence electrons. The molecule has 3 aromatic rings. The van der Waals surface area contributed by atoms with E-state index in [0.717, 1.165) is 28.1 Å². The Hall–Kier alpha value is -2.94. The lowest BCUT2D eigenvalue weighted by molar-refractivity contribution is 0.304. The zero-order valence-electron chi connectivity index (χ0n) is 12.3. The third kappa shape index (κ3) is 3.38. The van der Waals surface area contributed by atoms with Crippen molar-refractivity contribution in [3.05, 3.63) is 89.3 Å². The van der Waals surface area contributed by atoms with Gasteiger partial charge in [-0.05, 0) is 29.7 Å². The van der Waals surface area contributed by atoms with Crippen molar-refractivity contribution in [3.63, 3.8) is 0 Å². The normalized spacial score (nSPS) is 12.0. The largest absolute Gasteiger partial charge is 0.244 e. The molecule has 3 nitrogen and oxygen atoms in total. The highest BCUT2D eigenvalue weighted by atomic mass is 16.6. The van der Waals surface area contributed by atoms with Gasteiger partial charge in [-0.2, -0.15) is 0 Å². The maximum absolute atomic E-state index is 4.78. The van der Waals surface area contributed by atoms with Crippen molar-refractivity contribution in [1.82, 2.24) is 10.3 Å². The van der Waals surface area contributed by atoms with Gasteiger partial charge < -0.3 is 0 Å². The Morgan fingerprint density at radius 3 is 2.23 bits per heavy atom. The Bertz CT molecular complexity index is 787. The summed E-state index contributed by atoms with van der Waals surface area (Å²) in [5.41, 5.74) is 4.86. The molecule has 0 atom stereocenters. The van der Waals surface area contributed by atoms with Crippen molar-refractivity contribution >= 4 is 17.7 Å². The number of benzene rings is 2. The van der Waals surface area contributed by atoms with Crippen LogP contribution in [-0.4, -0.2) is 10.3 Å². The van der Waals surface area contributed by atoms with Crippen molar-refractivity contribution in [2.45, 2.75) is 6.92 Å². The number of allylic oxidation sites excluding steroid dienone is 2. The number of hydrogen-bond donors (Lipinski definition) is 0. The fourth-order valence-corrected chi connectivity index (χ4v) is 2.12. The first-order chi connectivity index (χ1) is 10.8. The molecule has 0 N–H and O–H groups in total. The average Bonchev–Trinajstić information content (AvgIpc) is 2.98. The minimum atomic E-state index is 0.747. The van der Waals surface area contributed by atoms with Crippen molar-refractivity contribution in [3.8, 4) is 0 Å². The minimum Gasteiger partial charge on any atom is -0.244 e.